The van der Waals surface area contributed by atoms with E-state index < -0.39 is 42.4 Å². The summed E-state index contributed by atoms with van der Waals surface area (Å²) >= 11 is 0. The Kier molecular flexibility index (Phi) is 8.84. The van der Waals surface area contributed by atoms with E-state index in [1.54, 1.807) is 0 Å². The first-order chi connectivity index (χ1) is 25.6. The third kappa shape index (κ3) is 6.08. The van der Waals surface area contributed by atoms with Crippen LogP contribution in [0, 0.1) is 0 Å². The topological polar surface area (TPSA) is 89.5 Å². The zero-order chi connectivity index (χ0) is 35.0. The number of benzene rings is 5. The monoisotopic (exact) mass is 692 g/mol. The van der Waals surface area contributed by atoms with Gasteiger partial charge in [-0.05, 0) is 44.5 Å². The van der Waals surface area contributed by atoms with Crippen LogP contribution in [0.25, 0.3) is 22.3 Å². The van der Waals surface area contributed by atoms with E-state index in [1.807, 2.05) is 78.9 Å². The van der Waals surface area contributed by atoms with Crippen LogP contribution in [0.15, 0.2) is 127 Å². The molecule has 2 aliphatic carbocycles. The number of fused-ring (bicyclic) bond motifs is 7. The Morgan fingerprint density at radius 2 is 1.10 bits per heavy atom. The van der Waals surface area contributed by atoms with Crippen LogP contribution in [0.1, 0.15) is 45.9 Å². The van der Waals surface area contributed by atoms with E-state index in [0.29, 0.717) is 0 Å². The van der Waals surface area contributed by atoms with Crippen molar-refractivity contribution in [3.05, 3.63) is 155 Å². The van der Waals surface area contributed by atoms with Crippen molar-refractivity contribution in [3.63, 3.8) is 0 Å². The Bertz CT molecular complexity index is 2010. The van der Waals surface area contributed by atoms with Crippen LogP contribution >= 0.6 is 0 Å². The van der Waals surface area contributed by atoms with Gasteiger partial charge in [-0.1, -0.05) is 127 Å². The summed E-state index contributed by atoms with van der Waals surface area (Å²) in [5.74, 6) is -1.13. The van der Waals surface area contributed by atoms with Crippen molar-refractivity contribution >= 4 is 19.3 Å². The van der Waals surface area contributed by atoms with Gasteiger partial charge >= 0.3 is 6.16 Å². The van der Waals surface area contributed by atoms with Gasteiger partial charge in [0.1, 0.15) is 31.5 Å². The van der Waals surface area contributed by atoms with E-state index in [-0.39, 0.29) is 45.5 Å². The van der Waals surface area contributed by atoms with Crippen molar-refractivity contribution in [1.29, 1.82) is 0 Å². The number of ether oxygens (including phenoxy) is 6. The molecule has 0 bridgehead atoms. The Labute approximate surface area is 302 Å². The van der Waals surface area contributed by atoms with Crippen LogP contribution in [0.3, 0.4) is 0 Å². The van der Waals surface area contributed by atoms with Gasteiger partial charge in [0.2, 0.25) is 5.87 Å². The van der Waals surface area contributed by atoms with Gasteiger partial charge in [-0.25, -0.2) is 4.79 Å². The molecule has 52 heavy (non-hydrogen) atoms. The number of carbonyl (C=O) groups excluding carboxylic acids is 2. The van der Waals surface area contributed by atoms with E-state index in [0.717, 1.165) is 50.1 Å². The summed E-state index contributed by atoms with van der Waals surface area (Å²) in [6.45, 7) is 0.713. The van der Waals surface area contributed by atoms with E-state index >= 15 is 0 Å². The first kappa shape index (κ1) is 32.7. The second-order valence-electron chi connectivity index (χ2n) is 13.8. The molecule has 2 aliphatic heterocycles. The van der Waals surface area contributed by atoms with Gasteiger partial charge in [-0.3, -0.25) is 4.79 Å². The average Bonchev–Trinajstić information content (AvgIpc) is 3.69. The Hall–Kier alpha value is -5.22. The molecule has 2 fully saturated rings. The number of rotatable bonds is 8. The average molecular weight is 693 g/mol. The summed E-state index contributed by atoms with van der Waals surface area (Å²) in [6, 6.07) is 42.4. The predicted octanol–water partition coefficient (Wildman–Crippen LogP) is 8.01. The molecule has 9 rings (SSSR count). The fraction of sp³-hybridized carbons (Fsp3) is 0.256. The minimum Gasteiger partial charge on any atom is -0.473 e. The lowest BCUT2D eigenvalue weighted by atomic mass is 9.60. The minimum absolute atomic E-state index is 0.0270. The lowest BCUT2D eigenvalue weighted by Gasteiger charge is -2.45. The lowest BCUT2D eigenvalue weighted by molar-refractivity contribution is -0.299. The van der Waals surface area contributed by atoms with Gasteiger partial charge in [-0.15, -0.1) is 0 Å². The van der Waals surface area contributed by atoms with Crippen molar-refractivity contribution < 1.29 is 38.0 Å². The molecule has 8 nitrogen and oxygen atoms in total. The Morgan fingerprint density at radius 1 is 0.596 bits per heavy atom. The van der Waals surface area contributed by atoms with Gasteiger partial charge in [0.05, 0.1) is 6.61 Å². The first-order valence-electron chi connectivity index (χ1n) is 17.9. The molecule has 0 aromatic heterocycles. The molecule has 0 spiro atoms. The van der Waals surface area contributed by atoms with Crippen LogP contribution in [0.4, 0.5) is 9.59 Å². The molecular formula is C43H37BO8. The highest BCUT2D eigenvalue weighted by atomic mass is 16.8. The summed E-state index contributed by atoms with van der Waals surface area (Å²) in [5, 5.41) is 0. The van der Waals surface area contributed by atoms with Crippen molar-refractivity contribution in [2.45, 2.75) is 42.3 Å². The Morgan fingerprint density at radius 3 is 1.65 bits per heavy atom. The molecule has 0 amide bonds. The van der Waals surface area contributed by atoms with E-state index in [4.69, 9.17) is 28.4 Å². The second-order valence-corrected chi connectivity index (χ2v) is 13.8. The summed E-state index contributed by atoms with van der Waals surface area (Å²) < 4.78 is 36.7. The Balaban J connectivity index is 0.919. The zero-order valence-electron chi connectivity index (χ0n) is 28.5. The summed E-state index contributed by atoms with van der Waals surface area (Å²) in [7, 11) is -0.0270. The fourth-order valence-corrected chi connectivity index (χ4v) is 8.34. The maximum Gasteiger partial charge on any atom is 0.508 e. The van der Waals surface area contributed by atoms with Gasteiger partial charge in [0, 0.05) is 29.8 Å². The van der Waals surface area contributed by atoms with E-state index in [1.165, 1.54) is 0 Å². The molecule has 0 radical (unpaired) electrons. The molecule has 0 N–H and O–H groups in total. The zero-order valence-corrected chi connectivity index (χ0v) is 28.5. The third-order valence-electron chi connectivity index (χ3n) is 10.8. The van der Waals surface area contributed by atoms with Crippen LogP contribution in [-0.4, -0.2) is 64.0 Å². The van der Waals surface area contributed by atoms with E-state index in [9.17, 15) is 9.59 Å². The molecule has 260 valence electrons. The molecule has 4 unspecified atom stereocenters. The molecule has 5 aromatic rings. The molecule has 0 saturated carbocycles. The second kappa shape index (κ2) is 14.1. The smallest absolute Gasteiger partial charge is 0.473 e. The largest absolute Gasteiger partial charge is 0.508 e. The maximum atomic E-state index is 13.6. The normalized spacial score (nSPS) is 23.0. The lowest BCUT2D eigenvalue weighted by Crippen LogP contribution is -2.57. The van der Waals surface area contributed by atoms with Gasteiger partial charge in [0.15, 0.2) is 6.29 Å². The standard InChI is InChI=1S/C43H37BO8/c45-42(49-22-35-31-18-8-4-14-27(31)28-15-5-9-19-32(28)35)44-37-24-47-38-25-48-41(26-12-2-1-3-13-26)51-40(38)39(37)52-43(46)50-23-36-33-20-10-6-16-29(33)30-17-7-11-21-34(30)36/h1-21,35-41,44H,22-25H2/t37?,38?,39?,40-,41?/m0/s1. The quantitative estimate of drug-likeness (QED) is 0.119. The van der Waals surface area contributed by atoms with Crippen molar-refractivity contribution in [3.8, 4) is 22.3 Å². The highest BCUT2D eigenvalue weighted by molar-refractivity contribution is 6.73. The molecule has 2 saturated heterocycles. The molecule has 5 aromatic carbocycles. The number of carbonyl (C=O) groups is 2. The van der Waals surface area contributed by atoms with E-state index in [2.05, 4.69) is 48.5 Å². The minimum atomic E-state index is -0.843. The molecular weight excluding hydrogens is 655 g/mol. The van der Waals surface area contributed by atoms with Gasteiger partial charge in [0.25, 0.3) is 7.28 Å². The predicted molar refractivity (Wildman–Crippen MR) is 196 cm³/mol. The van der Waals surface area contributed by atoms with Crippen molar-refractivity contribution in [2.24, 2.45) is 0 Å². The molecule has 5 atom stereocenters. The highest BCUT2D eigenvalue weighted by Crippen LogP contribution is 2.46. The maximum absolute atomic E-state index is 13.6. The number of hydrogen-bond acceptors (Lipinski definition) is 8. The summed E-state index contributed by atoms with van der Waals surface area (Å²) in [4.78, 5) is 27.2. The first-order valence-corrected chi connectivity index (χ1v) is 17.9. The summed E-state index contributed by atoms with van der Waals surface area (Å²) in [5.41, 5.74) is 9.91. The summed E-state index contributed by atoms with van der Waals surface area (Å²) in [6.07, 6.45) is -3.54. The SMILES string of the molecule is O=C(BC1COC2COC(c3ccccc3)O[C@@H]2C1OC(=O)OCC1c2ccccc2-c2ccccc21)OCC1c2ccccc2-c2ccccc21. The fourth-order valence-electron chi connectivity index (χ4n) is 8.34. The van der Waals surface area contributed by atoms with Crippen molar-refractivity contribution in [2.75, 3.05) is 26.4 Å². The third-order valence-corrected chi connectivity index (χ3v) is 10.8. The number of hydrogen-bond donors (Lipinski definition) is 0. The van der Waals surface area contributed by atoms with Gasteiger partial charge < -0.3 is 28.4 Å². The van der Waals surface area contributed by atoms with Crippen molar-refractivity contribution in [1.82, 2.24) is 0 Å². The molecule has 9 heteroatoms. The van der Waals surface area contributed by atoms with Crippen LogP contribution in [0.5, 0.6) is 0 Å². The molecule has 4 aliphatic rings. The highest BCUT2D eigenvalue weighted by Gasteiger charge is 2.49. The van der Waals surface area contributed by atoms with Gasteiger partial charge in [-0.2, -0.15) is 0 Å². The molecule has 2 heterocycles. The van der Waals surface area contributed by atoms with Crippen LogP contribution < -0.4 is 0 Å². The van der Waals surface area contributed by atoms with Crippen LogP contribution in [-0.2, 0) is 28.4 Å². The van der Waals surface area contributed by atoms with Crippen LogP contribution in [0.2, 0.25) is 5.82 Å².